The third kappa shape index (κ3) is 2.76. The van der Waals surface area contributed by atoms with Gasteiger partial charge in [-0.05, 0) is 18.9 Å². The Kier molecular flexibility index (Phi) is 3.20. The number of nitrogens with zero attached hydrogens (tertiary/aromatic N) is 4. The van der Waals surface area contributed by atoms with Crippen LogP contribution in [-0.2, 0) is 4.79 Å². The molecular weight excluding hydrogens is 264 g/mol. The largest absolute Gasteiger partial charge is 0.481 e. The fraction of sp³-hybridized carbons (Fsp3) is 0.333. The third-order valence-electron chi connectivity index (χ3n) is 2.82. The molecule has 7 heteroatoms. The van der Waals surface area contributed by atoms with E-state index in [4.69, 9.17) is 5.11 Å². The van der Waals surface area contributed by atoms with Gasteiger partial charge in [-0.3, -0.25) is 4.79 Å². The van der Waals surface area contributed by atoms with Gasteiger partial charge in [0.1, 0.15) is 11.4 Å². The highest BCUT2D eigenvalue weighted by Gasteiger charge is 2.27. The van der Waals surface area contributed by atoms with Gasteiger partial charge >= 0.3 is 5.97 Å². The number of thioether (sulfide) groups is 1. The van der Waals surface area contributed by atoms with E-state index in [1.807, 2.05) is 6.07 Å². The molecule has 0 amide bonds. The van der Waals surface area contributed by atoms with Crippen LogP contribution in [0.5, 0.6) is 0 Å². The first-order valence-electron chi connectivity index (χ1n) is 5.95. The van der Waals surface area contributed by atoms with Crippen molar-refractivity contribution in [2.24, 2.45) is 0 Å². The molecule has 0 unspecified atom stereocenters. The second-order valence-corrected chi connectivity index (χ2v) is 5.34. The van der Waals surface area contributed by atoms with E-state index in [2.05, 4.69) is 15.1 Å². The molecular formula is C12H12N4O2S. The number of carboxylic acids is 1. The third-order valence-corrected chi connectivity index (χ3v) is 3.80. The molecule has 2 heterocycles. The minimum atomic E-state index is -0.839. The van der Waals surface area contributed by atoms with E-state index in [1.54, 1.807) is 16.9 Å². The molecule has 0 saturated heterocycles. The molecule has 1 saturated carbocycles. The summed E-state index contributed by atoms with van der Waals surface area (Å²) < 4.78 is 1.70. The van der Waals surface area contributed by atoms with Crippen molar-refractivity contribution in [1.29, 1.82) is 0 Å². The highest BCUT2D eigenvalue weighted by molar-refractivity contribution is 7.99. The topological polar surface area (TPSA) is 80.9 Å². The van der Waals surface area contributed by atoms with Crippen molar-refractivity contribution in [3.05, 3.63) is 30.4 Å². The Bertz CT molecular complexity index is 595. The Hall–Kier alpha value is -1.89. The standard InChI is InChI=1S/C12H12N4O2S/c17-12(18)6-19-11-5-9(8-1-2-8)15-16(11)10-3-4-13-7-14-10/h3-5,7-8H,1-2,6H2,(H,17,18). The summed E-state index contributed by atoms with van der Waals surface area (Å²) in [5.74, 6) is 0.358. The average molecular weight is 276 g/mol. The Morgan fingerprint density at radius 1 is 1.53 bits per heavy atom. The van der Waals surface area contributed by atoms with Crippen molar-refractivity contribution in [3.8, 4) is 5.82 Å². The van der Waals surface area contributed by atoms with Crippen LogP contribution in [0.15, 0.2) is 29.7 Å². The number of carboxylic acid groups (broad SMARTS) is 1. The maximum absolute atomic E-state index is 10.7. The number of aromatic nitrogens is 4. The predicted octanol–water partition coefficient (Wildman–Crippen LogP) is 1.72. The first-order chi connectivity index (χ1) is 9.24. The summed E-state index contributed by atoms with van der Waals surface area (Å²) in [6.07, 6.45) is 5.42. The summed E-state index contributed by atoms with van der Waals surface area (Å²) in [7, 11) is 0. The first-order valence-corrected chi connectivity index (χ1v) is 6.93. The summed E-state index contributed by atoms with van der Waals surface area (Å²) in [6, 6.07) is 3.72. The highest BCUT2D eigenvalue weighted by Crippen LogP contribution is 2.40. The summed E-state index contributed by atoms with van der Waals surface area (Å²) in [5.41, 5.74) is 1.02. The van der Waals surface area contributed by atoms with Crippen LogP contribution in [0.3, 0.4) is 0 Å². The number of hydrogen-bond acceptors (Lipinski definition) is 5. The molecule has 6 nitrogen and oxygen atoms in total. The Labute approximate surface area is 113 Å². The quantitative estimate of drug-likeness (QED) is 0.837. The van der Waals surface area contributed by atoms with Crippen LogP contribution in [0, 0.1) is 0 Å². The monoisotopic (exact) mass is 276 g/mol. The first kappa shape index (κ1) is 12.2. The van der Waals surface area contributed by atoms with Gasteiger partial charge in [0.15, 0.2) is 5.82 Å². The molecule has 0 spiro atoms. The van der Waals surface area contributed by atoms with Crippen LogP contribution in [0.4, 0.5) is 0 Å². The van der Waals surface area contributed by atoms with Gasteiger partial charge < -0.3 is 5.11 Å². The lowest BCUT2D eigenvalue weighted by Crippen LogP contribution is -2.04. The average Bonchev–Trinajstić information content (AvgIpc) is 3.18. The molecule has 1 aliphatic rings. The van der Waals surface area contributed by atoms with Crippen LogP contribution in [0.1, 0.15) is 24.5 Å². The molecule has 1 fully saturated rings. The maximum atomic E-state index is 10.7. The van der Waals surface area contributed by atoms with Gasteiger partial charge in [0.25, 0.3) is 0 Å². The SMILES string of the molecule is O=C(O)CSc1cc(C2CC2)nn1-c1ccncn1. The van der Waals surface area contributed by atoms with Crippen LogP contribution in [-0.4, -0.2) is 36.6 Å². The molecule has 2 aromatic heterocycles. The molecule has 0 aliphatic heterocycles. The predicted molar refractivity (Wildman–Crippen MR) is 69.5 cm³/mol. The van der Waals surface area contributed by atoms with Gasteiger partial charge in [-0.1, -0.05) is 11.8 Å². The number of rotatable bonds is 5. The molecule has 0 bridgehead atoms. The molecule has 0 radical (unpaired) electrons. The van der Waals surface area contributed by atoms with Crippen molar-refractivity contribution >= 4 is 17.7 Å². The summed E-state index contributed by atoms with van der Waals surface area (Å²) in [6.45, 7) is 0. The van der Waals surface area contributed by atoms with E-state index in [1.165, 1.54) is 18.1 Å². The molecule has 0 aromatic carbocycles. The van der Waals surface area contributed by atoms with Crippen molar-refractivity contribution in [2.75, 3.05) is 5.75 Å². The Morgan fingerprint density at radius 2 is 2.37 bits per heavy atom. The van der Waals surface area contributed by atoms with E-state index < -0.39 is 5.97 Å². The van der Waals surface area contributed by atoms with Crippen molar-refractivity contribution < 1.29 is 9.90 Å². The molecule has 98 valence electrons. The van der Waals surface area contributed by atoms with Crippen LogP contribution in [0.2, 0.25) is 0 Å². The fourth-order valence-corrected chi connectivity index (χ4v) is 2.50. The van der Waals surface area contributed by atoms with E-state index >= 15 is 0 Å². The summed E-state index contributed by atoms with van der Waals surface area (Å²) in [4.78, 5) is 18.7. The second kappa shape index (κ2) is 5.00. The van der Waals surface area contributed by atoms with Crippen molar-refractivity contribution in [1.82, 2.24) is 19.7 Å². The minimum Gasteiger partial charge on any atom is -0.481 e. The zero-order valence-corrected chi connectivity index (χ0v) is 10.9. The van der Waals surface area contributed by atoms with Gasteiger partial charge in [0.05, 0.1) is 11.4 Å². The van der Waals surface area contributed by atoms with Crippen LogP contribution >= 0.6 is 11.8 Å². The lowest BCUT2D eigenvalue weighted by atomic mass is 10.3. The molecule has 19 heavy (non-hydrogen) atoms. The van der Waals surface area contributed by atoms with Gasteiger partial charge in [0, 0.05) is 18.2 Å². The highest BCUT2D eigenvalue weighted by atomic mass is 32.2. The summed E-state index contributed by atoms with van der Waals surface area (Å²) in [5, 5.41) is 14.1. The molecule has 3 rings (SSSR count). The lowest BCUT2D eigenvalue weighted by Gasteiger charge is -2.03. The van der Waals surface area contributed by atoms with Crippen molar-refractivity contribution in [3.63, 3.8) is 0 Å². The molecule has 2 aromatic rings. The molecule has 0 atom stereocenters. The molecule has 1 N–H and O–H groups in total. The normalized spacial score (nSPS) is 14.5. The van der Waals surface area contributed by atoms with Gasteiger partial charge in [0.2, 0.25) is 0 Å². The van der Waals surface area contributed by atoms with Gasteiger partial charge in [-0.2, -0.15) is 5.10 Å². The fourth-order valence-electron chi connectivity index (χ4n) is 1.77. The van der Waals surface area contributed by atoms with E-state index in [0.29, 0.717) is 11.7 Å². The number of hydrogen-bond donors (Lipinski definition) is 1. The Morgan fingerprint density at radius 3 is 3.00 bits per heavy atom. The molecule has 1 aliphatic carbocycles. The number of aliphatic carboxylic acids is 1. The second-order valence-electron chi connectivity index (χ2n) is 4.34. The smallest absolute Gasteiger partial charge is 0.313 e. The van der Waals surface area contributed by atoms with Crippen LogP contribution < -0.4 is 0 Å². The number of carbonyl (C=O) groups is 1. The lowest BCUT2D eigenvalue weighted by molar-refractivity contribution is -0.133. The maximum Gasteiger partial charge on any atom is 0.313 e. The zero-order valence-electron chi connectivity index (χ0n) is 10.1. The Balaban J connectivity index is 1.93. The van der Waals surface area contributed by atoms with E-state index in [-0.39, 0.29) is 5.75 Å². The van der Waals surface area contributed by atoms with Gasteiger partial charge in [-0.25, -0.2) is 14.6 Å². The van der Waals surface area contributed by atoms with E-state index in [0.717, 1.165) is 23.6 Å². The minimum absolute atomic E-state index is 0.0148. The van der Waals surface area contributed by atoms with Gasteiger partial charge in [-0.15, -0.1) is 0 Å². The summed E-state index contributed by atoms with van der Waals surface area (Å²) >= 11 is 1.26. The van der Waals surface area contributed by atoms with Crippen molar-refractivity contribution in [2.45, 2.75) is 23.8 Å². The zero-order chi connectivity index (χ0) is 13.2. The van der Waals surface area contributed by atoms with E-state index in [9.17, 15) is 4.79 Å². The van der Waals surface area contributed by atoms with Crippen LogP contribution in [0.25, 0.3) is 5.82 Å².